The first-order valence-corrected chi connectivity index (χ1v) is 5.68. The summed E-state index contributed by atoms with van der Waals surface area (Å²) in [4.78, 5) is 8.53. The van der Waals surface area contributed by atoms with Crippen molar-refractivity contribution in [2.45, 2.75) is 26.7 Å². The van der Waals surface area contributed by atoms with Gasteiger partial charge < -0.3 is 15.8 Å². The highest BCUT2D eigenvalue weighted by molar-refractivity contribution is 5.30. The van der Waals surface area contributed by atoms with E-state index in [1.165, 1.54) is 0 Å². The summed E-state index contributed by atoms with van der Waals surface area (Å²) in [6, 6.07) is 1.83. The number of unbranched alkanes of at least 4 members (excludes halogenated alkanes) is 1. The Morgan fingerprint density at radius 2 is 2.19 bits per heavy atom. The first kappa shape index (κ1) is 12.7. The molecule has 0 atom stereocenters. The van der Waals surface area contributed by atoms with Gasteiger partial charge in [0.15, 0.2) is 0 Å². The lowest BCUT2D eigenvalue weighted by molar-refractivity contribution is 0.326. The van der Waals surface area contributed by atoms with Crippen molar-refractivity contribution in [2.24, 2.45) is 5.73 Å². The first-order valence-electron chi connectivity index (χ1n) is 5.68. The minimum atomic E-state index is 0.614. The summed E-state index contributed by atoms with van der Waals surface area (Å²) in [6.07, 6.45) is 2.04. The maximum Gasteiger partial charge on any atom is 0.226 e. The number of aromatic nitrogens is 2. The van der Waals surface area contributed by atoms with E-state index in [1.807, 2.05) is 19.9 Å². The maximum absolute atomic E-state index is 5.42. The number of hydrogen-bond acceptors (Lipinski definition) is 5. The highest BCUT2D eigenvalue weighted by Crippen LogP contribution is 2.11. The number of ether oxygens (including phenoxy) is 1. The van der Waals surface area contributed by atoms with Gasteiger partial charge in [-0.3, -0.25) is 0 Å². The smallest absolute Gasteiger partial charge is 0.226 e. The third-order valence-electron chi connectivity index (χ3n) is 2.04. The van der Waals surface area contributed by atoms with Gasteiger partial charge >= 0.3 is 0 Å². The fraction of sp³-hybridized carbons (Fsp3) is 0.636. The average Bonchev–Trinajstić information content (AvgIpc) is 2.24. The predicted molar refractivity (Wildman–Crippen MR) is 64.7 cm³/mol. The molecule has 0 unspecified atom stereocenters. The van der Waals surface area contributed by atoms with Crippen LogP contribution in [-0.4, -0.2) is 29.7 Å². The van der Waals surface area contributed by atoms with Crippen LogP contribution in [0.3, 0.4) is 0 Å². The summed E-state index contributed by atoms with van der Waals surface area (Å²) in [5.41, 5.74) is 6.32. The zero-order valence-corrected chi connectivity index (χ0v) is 9.99. The Labute approximate surface area is 96.4 Å². The number of aryl methyl sites for hydroxylation is 1. The summed E-state index contributed by atoms with van der Waals surface area (Å²) in [7, 11) is 0. The molecule has 1 aromatic rings. The maximum atomic E-state index is 5.42. The highest BCUT2D eigenvalue weighted by atomic mass is 16.5. The van der Waals surface area contributed by atoms with Gasteiger partial charge in [-0.15, -0.1) is 0 Å². The highest BCUT2D eigenvalue weighted by Gasteiger charge is 2.01. The Kier molecular flexibility index (Phi) is 5.56. The molecule has 0 bridgehead atoms. The van der Waals surface area contributed by atoms with Gasteiger partial charge in [0.05, 0.1) is 6.61 Å². The Balaban J connectivity index is 2.51. The molecule has 0 radical (unpaired) electrons. The van der Waals surface area contributed by atoms with E-state index in [2.05, 4.69) is 15.3 Å². The largest absolute Gasteiger partial charge is 0.478 e. The third-order valence-corrected chi connectivity index (χ3v) is 2.04. The SMILES string of the molecule is CCOc1cc(C)nc(NCCCCN)n1. The second-order valence-corrected chi connectivity index (χ2v) is 3.53. The topological polar surface area (TPSA) is 73.1 Å². The fourth-order valence-corrected chi connectivity index (χ4v) is 1.31. The van der Waals surface area contributed by atoms with Crippen LogP contribution >= 0.6 is 0 Å². The summed E-state index contributed by atoms with van der Waals surface area (Å²) < 4.78 is 5.34. The molecule has 5 nitrogen and oxygen atoms in total. The van der Waals surface area contributed by atoms with Crippen molar-refractivity contribution in [3.05, 3.63) is 11.8 Å². The molecule has 0 saturated carbocycles. The molecule has 0 aliphatic carbocycles. The van der Waals surface area contributed by atoms with E-state index in [0.717, 1.165) is 31.6 Å². The monoisotopic (exact) mass is 224 g/mol. The molecule has 0 saturated heterocycles. The molecule has 1 aromatic heterocycles. The number of rotatable bonds is 7. The third kappa shape index (κ3) is 4.44. The number of anilines is 1. The molecule has 0 aromatic carbocycles. The number of nitrogens with one attached hydrogen (secondary N) is 1. The van der Waals surface area contributed by atoms with Crippen LogP contribution in [0.5, 0.6) is 5.88 Å². The van der Waals surface area contributed by atoms with Crippen molar-refractivity contribution in [1.29, 1.82) is 0 Å². The molecule has 0 fully saturated rings. The van der Waals surface area contributed by atoms with E-state index < -0.39 is 0 Å². The molecule has 0 aliphatic heterocycles. The van der Waals surface area contributed by atoms with Crippen LogP contribution in [0.4, 0.5) is 5.95 Å². The standard InChI is InChI=1S/C11H20N4O/c1-3-16-10-8-9(2)14-11(15-10)13-7-5-4-6-12/h8H,3-7,12H2,1-2H3,(H,13,14,15). The van der Waals surface area contributed by atoms with Gasteiger partial charge in [-0.2, -0.15) is 4.98 Å². The normalized spacial score (nSPS) is 10.2. The lowest BCUT2D eigenvalue weighted by Crippen LogP contribution is -2.09. The fourth-order valence-electron chi connectivity index (χ4n) is 1.31. The van der Waals surface area contributed by atoms with E-state index in [1.54, 1.807) is 0 Å². The second kappa shape index (κ2) is 7.00. The van der Waals surface area contributed by atoms with Crippen molar-refractivity contribution in [1.82, 2.24) is 9.97 Å². The van der Waals surface area contributed by atoms with Gasteiger partial charge in [-0.25, -0.2) is 4.98 Å². The van der Waals surface area contributed by atoms with Crippen molar-refractivity contribution in [3.8, 4) is 5.88 Å². The van der Waals surface area contributed by atoms with Gasteiger partial charge in [0, 0.05) is 18.3 Å². The zero-order valence-electron chi connectivity index (χ0n) is 9.99. The van der Waals surface area contributed by atoms with E-state index in [0.29, 0.717) is 18.4 Å². The lowest BCUT2D eigenvalue weighted by atomic mass is 10.3. The number of nitrogens with two attached hydrogens (primary N) is 1. The van der Waals surface area contributed by atoms with Crippen molar-refractivity contribution < 1.29 is 4.74 Å². The molecule has 0 aliphatic rings. The molecule has 3 N–H and O–H groups in total. The van der Waals surface area contributed by atoms with Gasteiger partial charge in [0.1, 0.15) is 0 Å². The van der Waals surface area contributed by atoms with Crippen LogP contribution in [0.2, 0.25) is 0 Å². The zero-order chi connectivity index (χ0) is 11.8. The molecule has 16 heavy (non-hydrogen) atoms. The van der Waals surface area contributed by atoms with Crippen LogP contribution in [-0.2, 0) is 0 Å². The van der Waals surface area contributed by atoms with Gasteiger partial charge in [0.25, 0.3) is 0 Å². The van der Waals surface area contributed by atoms with E-state index in [9.17, 15) is 0 Å². The molecule has 90 valence electrons. The molecule has 1 rings (SSSR count). The van der Waals surface area contributed by atoms with Crippen LogP contribution in [0.25, 0.3) is 0 Å². The van der Waals surface area contributed by atoms with E-state index in [-0.39, 0.29) is 0 Å². The summed E-state index contributed by atoms with van der Waals surface area (Å²) in [5, 5.41) is 3.16. The molecule has 5 heteroatoms. The number of nitrogens with zero attached hydrogens (tertiary/aromatic N) is 2. The predicted octanol–water partition coefficient (Wildman–Crippen LogP) is 1.33. The first-order chi connectivity index (χ1) is 7.76. The second-order valence-electron chi connectivity index (χ2n) is 3.53. The Morgan fingerprint density at radius 1 is 1.38 bits per heavy atom. The van der Waals surface area contributed by atoms with Gasteiger partial charge in [-0.05, 0) is 33.2 Å². The molecule has 1 heterocycles. The minimum absolute atomic E-state index is 0.614. The summed E-state index contributed by atoms with van der Waals surface area (Å²) >= 11 is 0. The summed E-state index contributed by atoms with van der Waals surface area (Å²) in [6.45, 7) is 6.04. The molecular formula is C11H20N4O. The van der Waals surface area contributed by atoms with E-state index in [4.69, 9.17) is 10.5 Å². The van der Waals surface area contributed by atoms with Crippen LogP contribution in [0, 0.1) is 6.92 Å². The van der Waals surface area contributed by atoms with Crippen LogP contribution in [0.1, 0.15) is 25.5 Å². The Hall–Kier alpha value is -1.36. The average molecular weight is 224 g/mol. The Bertz CT molecular complexity index is 317. The van der Waals surface area contributed by atoms with Gasteiger partial charge in [-0.1, -0.05) is 0 Å². The molecule has 0 spiro atoms. The van der Waals surface area contributed by atoms with Crippen LogP contribution in [0.15, 0.2) is 6.07 Å². The van der Waals surface area contributed by atoms with Crippen molar-refractivity contribution in [2.75, 3.05) is 25.0 Å². The van der Waals surface area contributed by atoms with Crippen LogP contribution < -0.4 is 15.8 Å². The van der Waals surface area contributed by atoms with Gasteiger partial charge in [0.2, 0.25) is 11.8 Å². The van der Waals surface area contributed by atoms with Crippen molar-refractivity contribution in [3.63, 3.8) is 0 Å². The van der Waals surface area contributed by atoms with E-state index >= 15 is 0 Å². The molecular weight excluding hydrogens is 204 g/mol. The summed E-state index contributed by atoms with van der Waals surface area (Å²) in [5.74, 6) is 1.25. The lowest BCUT2D eigenvalue weighted by Gasteiger charge is -2.07. The minimum Gasteiger partial charge on any atom is -0.478 e. The number of hydrogen-bond donors (Lipinski definition) is 2. The van der Waals surface area contributed by atoms with Crippen molar-refractivity contribution >= 4 is 5.95 Å². The molecule has 0 amide bonds. The Morgan fingerprint density at radius 3 is 2.88 bits per heavy atom. The quantitative estimate of drug-likeness (QED) is 0.684.